The van der Waals surface area contributed by atoms with E-state index in [1.807, 2.05) is 29.6 Å². The van der Waals surface area contributed by atoms with Crippen molar-refractivity contribution in [2.75, 3.05) is 12.4 Å². The lowest BCUT2D eigenvalue weighted by Gasteiger charge is -2.20. The third kappa shape index (κ3) is 2.84. The molecule has 0 bridgehead atoms. The average Bonchev–Trinajstić information content (AvgIpc) is 3.27. The number of thiazole rings is 1. The first kappa shape index (κ1) is 17.8. The number of para-hydroxylation sites is 2. The van der Waals surface area contributed by atoms with Gasteiger partial charge < -0.3 is 19.5 Å². The van der Waals surface area contributed by atoms with Crippen LogP contribution in [0.2, 0.25) is 0 Å². The molecule has 1 aromatic heterocycles. The normalized spacial score (nSPS) is 29.7. The van der Waals surface area contributed by atoms with Crippen LogP contribution in [0.15, 0.2) is 29.6 Å². The molecule has 3 atom stereocenters. The standard InChI is InChI=1S/C19H20N2O5S/c1-11-8-19(15(22)25-11)10-18(2,26-16(19)23)14-9-27-17(21-14)20-12-6-4-5-7-13(12)24-3/h4-7,9,11H,8,10H2,1-3H3,(H,20,21)/t11-,18+,19+/m0/s1. The minimum absolute atomic E-state index is 0.236. The van der Waals surface area contributed by atoms with Crippen molar-refractivity contribution < 1.29 is 23.8 Å². The van der Waals surface area contributed by atoms with Gasteiger partial charge in [0.1, 0.15) is 11.9 Å². The Kier molecular flexibility index (Phi) is 4.10. The average molecular weight is 388 g/mol. The smallest absolute Gasteiger partial charge is 0.324 e. The second-order valence-electron chi connectivity index (χ2n) is 7.16. The molecular weight excluding hydrogens is 368 g/mol. The number of carbonyl (C=O) groups excluding carboxylic acids is 2. The molecule has 0 saturated carbocycles. The van der Waals surface area contributed by atoms with Crippen LogP contribution >= 0.6 is 11.3 Å². The summed E-state index contributed by atoms with van der Waals surface area (Å²) in [6, 6.07) is 7.53. The highest BCUT2D eigenvalue weighted by Crippen LogP contribution is 2.52. The fraction of sp³-hybridized carbons (Fsp3) is 0.421. The van der Waals surface area contributed by atoms with Crippen LogP contribution in [0.5, 0.6) is 5.75 Å². The molecular formula is C19H20N2O5S. The molecule has 2 saturated heterocycles. The predicted octanol–water partition coefficient (Wildman–Crippen LogP) is 3.38. The van der Waals surface area contributed by atoms with Gasteiger partial charge in [-0.3, -0.25) is 9.59 Å². The lowest BCUT2D eigenvalue weighted by atomic mass is 9.78. The van der Waals surface area contributed by atoms with Crippen molar-refractivity contribution in [3.8, 4) is 5.75 Å². The lowest BCUT2D eigenvalue weighted by Crippen LogP contribution is -2.31. The molecule has 8 heteroatoms. The molecule has 7 nitrogen and oxygen atoms in total. The number of ether oxygens (including phenoxy) is 3. The summed E-state index contributed by atoms with van der Waals surface area (Å²) in [6.45, 7) is 3.57. The van der Waals surface area contributed by atoms with Crippen LogP contribution in [-0.2, 0) is 24.7 Å². The van der Waals surface area contributed by atoms with E-state index < -0.39 is 23.0 Å². The minimum atomic E-state index is -1.21. The number of rotatable bonds is 4. The van der Waals surface area contributed by atoms with Gasteiger partial charge in [0.25, 0.3) is 0 Å². The molecule has 27 heavy (non-hydrogen) atoms. The second-order valence-corrected chi connectivity index (χ2v) is 8.02. The molecule has 0 aliphatic carbocycles. The van der Waals surface area contributed by atoms with E-state index in [-0.39, 0.29) is 12.5 Å². The summed E-state index contributed by atoms with van der Waals surface area (Å²) in [7, 11) is 1.61. The number of hydrogen-bond acceptors (Lipinski definition) is 8. The largest absolute Gasteiger partial charge is 0.495 e. The number of benzene rings is 1. The van der Waals surface area contributed by atoms with Gasteiger partial charge in [0.2, 0.25) is 0 Å². The minimum Gasteiger partial charge on any atom is -0.495 e. The summed E-state index contributed by atoms with van der Waals surface area (Å²) in [5.41, 5.74) is -0.771. The van der Waals surface area contributed by atoms with Crippen molar-refractivity contribution in [1.29, 1.82) is 0 Å². The fourth-order valence-corrected chi connectivity index (χ4v) is 4.63. The first-order valence-electron chi connectivity index (χ1n) is 8.67. The Bertz CT molecular complexity index is 913. The number of hydrogen-bond donors (Lipinski definition) is 1. The van der Waals surface area contributed by atoms with Crippen molar-refractivity contribution in [3.05, 3.63) is 35.3 Å². The van der Waals surface area contributed by atoms with E-state index >= 15 is 0 Å². The Labute approximate surface area is 160 Å². The summed E-state index contributed by atoms with van der Waals surface area (Å²) in [6.07, 6.45) is 0.293. The van der Waals surface area contributed by atoms with Crippen molar-refractivity contribution in [3.63, 3.8) is 0 Å². The summed E-state index contributed by atoms with van der Waals surface area (Å²) in [5.74, 6) is -0.313. The molecule has 1 N–H and O–H groups in total. The van der Waals surface area contributed by atoms with E-state index in [0.717, 1.165) is 5.69 Å². The first-order chi connectivity index (χ1) is 12.9. The highest BCUT2D eigenvalue weighted by Gasteiger charge is 2.65. The quantitative estimate of drug-likeness (QED) is 0.635. The Morgan fingerprint density at radius 3 is 2.78 bits per heavy atom. The van der Waals surface area contributed by atoms with Gasteiger partial charge in [-0.25, -0.2) is 4.98 Å². The molecule has 0 unspecified atom stereocenters. The van der Waals surface area contributed by atoms with E-state index in [4.69, 9.17) is 14.2 Å². The van der Waals surface area contributed by atoms with Crippen LogP contribution in [0.25, 0.3) is 0 Å². The monoisotopic (exact) mass is 388 g/mol. The molecule has 3 heterocycles. The lowest BCUT2D eigenvalue weighted by molar-refractivity contribution is -0.160. The summed E-state index contributed by atoms with van der Waals surface area (Å²) in [4.78, 5) is 29.4. The van der Waals surface area contributed by atoms with Crippen molar-refractivity contribution in [2.45, 2.75) is 38.4 Å². The van der Waals surface area contributed by atoms with E-state index in [1.54, 1.807) is 21.0 Å². The van der Waals surface area contributed by atoms with Gasteiger partial charge in [0.15, 0.2) is 16.1 Å². The van der Waals surface area contributed by atoms with Crippen LogP contribution < -0.4 is 10.1 Å². The molecule has 4 rings (SSSR count). The summed E-state index contributed by atoms with van der Waals surface area (Å²) >= 11 is 1.40. The topological polar surface area (TPSA) is 86.8 Å². The maximum Gasteiger partial charge on any atom is 0.324 e. The molecule has 1 aromatic carbocycles. The van der Waals surface area contributed by atoms with Crippen LogP contribution in [0.1, 0.15) is 32.4 Å². The van der Waals surface area contributed by atoms with Gasteiger partial charge in [-0.1, -0.05) is 12.1 Å². The highest BCUT2D eigenvalue weighted by molar-refractivity contribution is 7.13. The summed E-state index contributed by atoms with van der Waals surface area (Å²) < 4.78 is 16.2. The van der Waals surface area contributed by atoms with Gasteiger partial charge >= 0.3 is 11.9 Å². The number of cyclic esters (lactones) is 2. The van der Waals surface area contributed by atoms with Gasteiger partial charge in [0, 0.05) is 18.2 Å². The predicted molar refractivity (Wildman–Crippen MR) is 99.1 cm³/mol. The zero-order valence-corrected chi connectivity index (χ0v) is 16.1. The molecule has 2 aliphatic heterocycles. The molecule has 0 amide bonds. The first-order valence-corrected chi connectivity index (χ1v) is 9.55. The maximum atomic E-state index is 12.5. The zero-order chi connectivity index (χ0) is 19.2. The Morgan fingerprint density at radius 2 is 2.07 bits per heavy atom. The molecule has 2 fully saturated rings. The number of methoxy groups -OCH3 is 1. The summed E-state index contributed by atoms with van der Waals surface area (Å²) in [5, 5.41) is 5.71. The third-order valence-corrected chi connectivity index (χ3v) is 5.83. The second kappa shape index (κ2) is 6.23. The van der Waals surface area contributed by atoms with E-state index in [9.17, 15) is 9.59 Å². The third-order valence-electron chi connectivity index (χ3n) is 5.08. The SMILES string of the molecule is COc1ccccc1Nc1nc([C@@]2(C)C[C@@]3(C[C@H](C)OC3=O)C(=O)O2)cs1. The van der Waals surface area contributed by atoms with Gasteiger partial charge in [-0.2, -0.15) is 0 Å². The van der Waals surface area contributed by atoms with Crippen LogP contribution in [0, 0.1) is 5.41 Å². The van der Waals surface area contributed by atoms with E-state index in [1.165, 1.54) is 11.3 Å². The highest BCUT2D eigenvalue weighted by atomic mass is 32.1. The number of anilines is 2. The Hall–Kier alpha value is -2.61. The number of aromatic nitrogens is 1. The van der Waals surface area contributed by atoms with Crippen molar-refractivity contribution in [2.24, 2.45) is 5.41 Å². The maximum absolute atomic E-state index is 12.5. The Morgan fingerprint density at radius 1 is 1.30 bits per heavy atom. The van der Waals surface area contributed by atoms with Gasteiger partial charge in [0.05, 0.1) is 18.5 Å². The molecule has 1 spiro atoms. The number of nitrogens with one attached hydrogen (secondary N) is 1. The van der Waals surface area contributed by atoms with Crippen LogP contribution in [0.3, 0.4) is 0 Å². The van der Waals surface area contributed by atoms with Gasteiger partial charge in [-0.05, 0) is 26.0 Å². The number of esters is 2. The molecule has 2 aromatic rings. The zero-order valence-electron chi connectivity index (χ0n) is 15.3. The Balaban J connectivity index is 1.58. The molecule has 2 aliphatic rings. The molecule has 0 radical (unpaired) electrons. The van der Waals surface area contributed by atoms with E-state index in [2.05, 4.69) is 10.3 Å². The van der Waals surface area contributed by atoms with Gasteiger partial charge in [-0.15, -0.1) is 11.3 Å². The van der Waals surface area contributed by atoms with Crippen LogP contribution in [0.4, 0.5) is 10.8 Å². The van der Waals surface area contributed by atoms with Crippen molar-refractivity contribution in [1.82, 2.24) is 4.98 Å². The molecule has 142 valence electrons. The van der Waals surface area contributed by atoms with E-state index in [0.29, 0.717) is 23.0 Å². The fourth-order valence-electron chi connectivity index (χ4n) is 3.79. The van der Waals surface area contributed by atoms with Crippen molar-refractivity contribution >= 4 is 34.1 Å². The number of nitrogens with zero attached hydrogens (tertiary/aromatic N) is 1. The number of carbonyl (C=O) groups is 2. The van der Waals surface area contributed by atoms with Crippen LogP contribution in [-0.4, -0.2) is 30.1 Å².